The molecular weight excluding hydrogens is 362 g/mol. The molecule has 0 spiro atoms. The standard InChI is InChI=1S/C17H22BrNO4/c1-17(2,3)23-16(22)19-14(15(20)21)13(10-7-8-10)11-5-4-6-12(18)9-11/h4-6,9-10,13-14H,7-8H2,1-3H3,(H,19,22)(H,20,21). The summed E-state index contributed by atoms with van der Waals surface area (Å²) in [6.45, 7) is 5.24. The van der Waals surface area contributed by atoms with E-state index in [0.29, 0.717) is 0 Å². The Morgan fingerprint density at radius 1 is 1.35 bits per heavy atom. The van der Waals surface area contributed by atoms with Gasteiger partial charge in [0.25, 0.3) is 0 Å². The van der Waals surface area contributed by atoms with Gasteiger partial charge in [-0.1, -0.05) is 28.1 Å². The maximum atomic E-state index is 12.0. The van der Waals surface area contributed by atoms with Crippen LogP contribution in [0, 0.1) is 5.92 Å². The molecule has 5 nitrogen and oxygen atoms in total. The van der Waals surface area contributed by atoms with E-state index in [1.165, 1.54) is 0 Å². The molecule has 6 heteroatoms. The largest absolute Gasteiger partial charge is 0.480 e. The van der Waals surface area contributed by atoms with Crippen LogP contribution in [0.1, 0.15) is 45.1 Å². The van der Waals surface area contributed by atoms with Gasteiger partial charge in [-0.3, -0.25) is 0 Å². The quantitative estimate of drug-likeness (QED) is 0.807. The molecule has 1 aromatic rings. The normalized spacial score (nSPS) is 17.2. The second kappa shape index (κ2) is 6.91. The lowest BCUT2D eigenvalue weighted by Gasteiger charge is -2.27. The van der Waals surface area contributed by atoms with Crippen molar-refractivity contribution < 1.29 is 19.4 Å². The van der Waals surface area contributed by atoms with Crippen LogP contribution in [0.2, 0.25) is 0 Å². The summed E-state index contributed by atoms with van der Waals surface area (Å²) < 4.78 is 6.10. The van der Waals surface area contributed by atoms with Crippen molar-refractivity contribution in [2.45, 2.75) is 51.2 Å². The van der Waals surface area contributed by atoms with Gasteiger partial charge in [-0.25, -0.2) is 9.59 Å². The fraction of sp³-hybridized carbons (Fsp3) is 0.529. The highest BCUT2D eigenvalue weighted by atomic mass is 79.9. The zero-order valence-electron chi connectivity index (χ0n) is 13.5. The van der Waals surface area contributed by atoms with Gasteiger partial charge < -0.3 is 15.2 Å². The van der Waals surface area contributed by atoms with E-state index in [1.54, 1.807) is 20.8 Å². The van der Waals surface area contributed by atoms with Crippen LogP contribution in [0.25, 0.3) is 0 Å². The van der Waals surface area contributed by atoms with Crippen molar-refractivity contribution in [1.29, 1.82) is 0 Å². The third kappa shape index (κ3) is 5.23. The molecule has 0 heterocycles. The van der Waals surface area contributed by atoms with E-state index in [2.05, 4.69) is 21.2 Å². The van der Waals surface area contributed by atoms with Gasteiger partial charge in [0, 0.05) is 10.4 Å². The van der Waals surface area contributed by atoms with Crippen molar-refractivity contribution >= 4 is 28.0 Å². The van der Waals surface area contributed by atoms with Crippen LogP contribution in [0.4, 0.5) is 4.79 Å². The van der Waals surface area contributed by atoms with Gasteiger partial charge in [0.2, 0.25) is 0 Å². The van der Waals surface area contributed by atoms with Gasteiger partial charge in [0.15, 0.2) is 0 Å². The molecule has 0 saturated heterocycles. The number of amides is 1. The molecule has 2 N–H and O–H groups in total. The van der Waals surface area contributed by atoms with E-state index < -0.39 is 23.7 Å². The number of hydrogen-bond acceptors (Lipinski definition) is 3. The topological polar surface area (TPSA) is 75.6 Å². The first-order valence-electron chi connectivity index (χ1n) is 7.65. The molecule has 2 unspecified atom stereocenters. The minimum Gasteiger partial charge on any atom is -0.480 e. The lowest BCUT2D eigenvalue weighted by atomic mass is 9.87. The van der Waals surface area contributed by atoms with Crippen LogP contribution in [-0.2, 0) is 9.53 Å². The van der Waals surface area contributed by atoms with Crippen LogP contribution in [0.5, 0.6) is 0 Å². The molecule has 1 aromatic carbocycles. The minimum atomic E-state index is -1.05. The first-order valence-corrected chi connectivity index (χ1v) is 8.44. The second-order valence-corrected chi connectivity index (χ2v) is 7.80. The number of carboxylic acids is 1. The average molecular weight is 384 g/mol. The Balaban J connectivity index is 2.22. The van der Waals surface area contributed by atoms with Gasteiger partial charge in [-0.15, -0.1) is 0 Å². The Bertz CT molecular complexity index is 593. The Morgan fingerprint density at radius 3 is 2.48 bits per heavy atom. The van der Waals surface area contributed by atoms with Crippen molar-refractivity contribution in [2.75, 3.05) is 0 Å². The maximum absolute atomic E-state index is 12.0. The molecule has 2 rings (SSSR count). The Labute approximate surface area is 144 Å². The summed E-state index contributed by atoms with van der Waals surface area (Å²) in [5, 5.41) is 12.2. The number of nitrogens with one attached hydrogen (secondary N) is 1. The van der Waals surface area contributed by atoms with Gasteiger partial charge in [0.1, 0.15) is 11.6 Å². The van der Waals surface area contributed by atoms with Crippen LogP contribution < -0.4 is 5.32 Å². The van der Waals surface area contributed by atoms with Crippen molar-refractivity contribution in [3.8, 4) is 0 Å². The number of aliphatic carboxylic acids is 1. The number of benzene rings is 1. The molecule has 2 atom stereocenters. The first-order chi connectivity index (χ1) is 10.7. The van der Waals surface area contributed by atoms with Crippen molar-refractivity contribution in [2.24, 2.45) is 5.92 Å². The number of halogens is 1. The maximum Gasteiger partial charge on any atom is 0.408 e. The van der Waals surface area contributed by atoms with Gasteiger partial charge in [-0.05, 0) is 57.2 Å². The fourth-order valence-electron chi connectivity index (χ4n) is 2.65. The summed E-state index contributed by atoms with van der Waals surface area (Å²) >= 11 is 3.42. The third-order valence-corrected chi connectivity index (χ3v) is 4.15. The first kappa shape index (κ1) is 17.8. The number of ether oxygens (including phenoxy) is 1. The predicted octanol–water partition coefficient (Wildman–Crippen LogP) is 3.92. The highest BCUT2D eigenvalue weighted by molar-refractivity contribution is 9.10. The van der Waals surface area contributed by atoms with Crippen molar-refractivity contribution in [3.63, 3.8) is 0 Å². The van der Waals surface area contributed by atoms with Gasteiger partial charge >= 0.3 is 12.1 Å². The summed E-state index contributed by atoms with van der Waals surface area (Å²) in [5.74, 6) is -1.05. The van der Waals surface area contributed by atoms with Gasteiger partial charge in [-0.2, -0.15) is 0 Å². The van der Waals surface area contributed by atoms with Crippen LogP contribution in [-0.4, -0.2) is 28.8 Å². The number of rotatable bonds is 5. The van der Waals surface area contributed by atoms with Crippen LogP contribution in [0.15, 0.2) is 28.7 Å². The Morgan fingerprint density at radius 2 is 2.00 bits per heavy atom. The molecule has 23 heavy (non-hydrogen) atoms. The summed E-state index contributed by atoms with van der Waals surface area (Å²) in [4.78, 5) is 23.8. The Hall–Kier alpha value is -1.56. The summed E-state index contributed by atoms with van der Waals surface area (Å²) in [7, 11) is 0. The molecule has 126 valence electrons. The number of carbonyl (C=O) groups is 2. The summed E-state index contributed by atoms with van der Waals surface area (Å²) in [6.07, 6.45) is 1.24. The van der Waals surface area contributed by atoms with E-state index in [-0.39, 0.29) is 11.8 Å². The molecular formula is C17H22BrNO4. The molecule has 0 radical (unpaired) electrons. The van der Waals surface area contributed by atoms with Crippen LogP contribution in [0.3, 0.4) is 0 Å². The molecule has 1 aliphatic rings. The number of alkyl carbamates (subject to hydrolysis) is 1. The van der Waals surface area contributed by atoms with Gasteiger partial charge in [0.05, 0.1) is 0 Å². The van der Waals surface area contributed by atoms with E-state index in [9.17, 15) is 14.7 Å². The second-order valence-electron chi connectivity index (χ2n) is 6.88. The monoisotopic (exact) mass is 383 g/mol. The lowest BCUT2D eigenvalue weighted by molar-refractivity contribution is -0.140. The molecule has 1 saturated carbocycles. The fourth-order valence-corrected chi connectivity index (χ4v) is 3.06. The third-order valence-electron chi connectivity index (χ3n) is 3.66. The summed E-state index contributed by atoms with van der Waals surface area (Å²) in [6, 6.07) is 6.58. The zero-order chi connectivity index (χ0) is 17.2. The molecule has 1 fully saturated rings. The molecule has 0 aromatic heterocycles. The van der Waals surface area contributed by atoms with Crippen molar-refractivity contribution in [1.82, 2.24) is 5.32 Å². The van der Waals surface area contributed by atoms with E-state index in [4.69, 9.17) is 4.74 Å². The smallest absolute Gasteiger partial charge is 0.408 e. The van der Waals surface area contributed by atoms with Crippen molar-refractivity contribution in [3.05, 3.63) is 34.3 Å². The SMILES string of the molecule is CC(C)(C)OC(=O)NC(C(=O)O)C(c1cccc(Br)c1)C1CC1. The molecule has 1 amide bonds. The van der Waals surface area contributed by atoms with E-state index >= 15 is 0 Å². The highest BCUT2D eigenvalue weighted by Gasteiger charge is 2.42. The molecule has 0 bridgehead atoms. The minimum absolute atomic E-state index is 0.264. The number of carbonyl (C=O) groups excluding carboxylic acids is 1. The Kier molecular flexibility index (Phi) is 5.34. The van der Waals surface area contributed by atoms with E-state index in [0.717, 1.165) is 22.9 Å². The van der Waals surface area contributed by atoms with Crippen LogP contribution >= 0.6 is 15.9 Å². The number of carboxylic acid groups (broad SMARTS) is 1. The molecule has 0 aliphatic heterocycles. The highest BCUT2D eigenvalue weighted by Crippen LogP contribution is 2.45. The predicted molar refractivity (Wildman–Crippen MR) is 90.4 cm³/mol. The van der Waals surface area contributed by atoms with E-state index in [1.807, 2.05) is 24.3 Å². The number of hydrogen-bond donors (Lipinski definition) is 2. The zero-order valence-corrected chi connectivity index (χ0v) is 15.1. The lowest BCUT2D eigenvalue weighted by Crippen LogP contribution is -2.47. The molecule has 1 aliphatic carbocycles. The summed E-state index contributed by atoms with van der Waals surface area (Å²) in [5.41, 5.74) is 0.239. The average Bonchev–Trinajstić information content (AvgIpc) is 3.20.